The molecule has 0 aliphatic heterocycles. The second-order valence-electron chi connectivity index (χ2n) is 4.17. The minimum atomic E-state index is 0.0951. The van der Waals surface area contributed by atoms with E-state index >= 15 is 0 Å². The third-order valence-electron chi connectivity index (χ3n) is 2.81. The van der Waals surface area contributed by atoms with Gasteiger partial charge < -0.3 is 5.32 Å². The summed E-state index contributed by atoms with van der Waals surface area (Å²) in [6.07, 6.45) is 1.78. The van der Waals surface area contributed by atoms with Crippen molar-refractivity contribution in [3.8, 4) is 0 Å². The topological polar surface area (TPSA) is 24.9 Å². The maximum absolute atomic E-state index is 6.19. The van der Waals surface area contributed by atoms with Crippen LogP contribution in [0.25, 0.3) is 0 Å². The zero-order chi connectivity index (χ0) is 13.1. The molecule has 1 unspecified atom stereocenters. The summed E-state index contributed by atoms with van der Waals surface area (Å²) in [4.78, 5) is 4.25. The first kappa shape index (κ1) is 13.2. The SMILES string of the molecule is Cc1ncccc1NC(C)c1ccc(Cl)cc1Cl. The van der Waals surface area contributed by atoms with Crippen LogP contribution in [-0.4, -0.2) is 4.98 Å². The Morgan fingerprint density at radius 3 is 2.67 bits per heavy atom. The van der Waals surface area contributed by atoms with Crippen LogP contribution in [0.4, 0.5) is 5.69 Å². The van der Waals surface area contributed by atoms with E-state index in [1.165, 1.54) is 0 Å². The summed E-state index contributed by atoms with van der Waals surface area (Å²) >= 11 is 12.1. The van der Waals surface area contributed by atoms with Crippen molar-refractivity contribution in [1.29, 1.82) is 0 Å². The second kappa shape index (κ2) is 5.59. The molecule has 2 nitrogen and oxygen atoms in total. The summed E-state index contributed by atoms with van der Waals surface area (Å²) in [7, 11) is 0. The van der Waals surface area contributed by atoms with Gasteiger partial charge in [0.15, 0.2) is 0 Å². The fourth-order valence-corrected chi connectivity index (χ4v) is 2.37. The quantitative estimate of drug-likeness (QED) is 0.868. The largest absolute Gasteiger partial charge is 0.377 e. The van der Waals surface area contributed by atoms with Crippen molar-refractivity contribution in [3.05, 3.63) is 57.8 Å². The highest BCUT2D eigenvalue weighted by Gasteiger charge is 2.11. The highest BCUT2D eigenvalue weighted by atomic mass is 35.5. The molecule has 0 aliphatic carbocycles. The van der Waals surface area contributed by atoms with E-state index < -0.39 is 0 Å². The lowest BCUT2D eigenvalue weighted by molar-refractivity contribution is 0.879. The lowest BCUT2D eigenvalue weighted by atomic mass is 10.1. The van der Waals surface area contributed by atoms with Crippen LogP contribution in [0, 0.1) is 6.92 Å². The minimum Gasteiger partial charge on any atom is -0.377 e. The van der Waals surface area contributed by atoms with Crippen LogP contribution < -0.4 is 5.32 Å². The third kappa shape index (κ3) is 2.95. The van der Waals surface area contributed by atoms with Gasteiger partial charge in [0.2, 0.25) is 0 Å². The third-order valence-corrected chi connectivity index (χ3v) is 3.37. The Bertz CT molecular complexity index is 555. The molecule has 2 rings (SSSR count). The van der Waals surface area contributed by atoms with Crippen molar-refractivity contribution in [3.63, 3.8) is 0 Å². The minimum absolute atomic E-state index is 0.0951. The Labute approximate surface area is 117 Å². The van der Waals surface area contributed by atoms with E-state index in [0.29, 0.717) is 10.0 Å². The van der Waals surface area contributed by atoms with Gasteiger partial charge in [-0.05, 0) is 43.7 Å². The number of nitrogens with one attached hydrogen (secondary N) is 1. The number of hydrogen-bond donors (Lipinski definition) is 1. The van der Waals surface area contributed by atoms with Gasteiger partial charge in [-0.2, -0.15) is 0 Å². The average Bonchev–Trinajstić information content (AvgIpc) is 2.32. The van der Waals surface area contributed by atoms with E-state index in [1.54, 1.807) is 12.3 Å². The van der Waals surface area contributed by atoms with Crippen LogP contribution >= 0.6 is 23.2 Å². The standard InChI is InChI=1S/C14H14Cl2N2/c1-9(12-6-5-11(15)8-13(12)16)18-14-4-3-7-17-10(14)2/h3-9,18H,1-2H3. The van der Waals surface area contributed by atoms with Crippen LogP contribution in [0.2, 0.25) is 10.0 Å². The smallest absolute Gasteiger partial charge is 0.0603 e. The lowest BCUT2D eigenvalue weighted by Gasteiger charge is -2.18. The first-order valence-corrected chi connectivity index (χ1v) is 6.46. The molecular formula is C14H14Cl2N2. The van der Waals surface area contributed by atoms with E-state index in [0.717, 1.165) is 16.9 Å². The number of pyridine rings is 1. The molecule has 0 saturated carbocycles. The second-order valence-corrected chi connectivity index (χ2v) is 5.01. The summed E-state index contributed by atoms with van der Waals surface area (Å²) < 4.78 is 0. The Hall–Kier alpha value is -1.25. The molecule has 0 saturated heterocycles. The number of hydrogen-bond acceptors (Lipinski definition) is 2. The van der Waals surface area contributed by atoms with Gasteiger partial charge in [0, 0.05) is 16.2 Å². The number of nitrogens with zero attached hydrogens (tertiary/aromatic N) is 1. The number of rotatable bonds is 3. The van der Waals surface area contributed by atoms with Crippen molar-refractivity contribution in [2.45, 2.75) is 19.9 Å². The van der Waals surface area contributed by atoms with E-state index in [9.17, 15) is 0 Å². The Morgan fingerprint density at radius 2 is 2.00 bits per heavy atom. The molecule has 4 heteroatoms. The maximum atomic E-state index is 6.19. The van der Waals surface area contributed by atoms with Gasteiger partial charge in [-0.1, -0.05) is 29.3 Å². The molecule has 1 N–H and O–H groups in total. The zero-order valence-electron chi connectivity index (χ0n) is 10.2. The molecule has 0 amide bonds. The monoisotopic (exact) mass is 280 g/mol. The summed E-state index contributed by atoms with van der Waals surface area (Å²) in [5.41, 5.74) is 3.00. The molecule has 2 aromatic rings. The molecule has 0 radical (unpaired) electrons. The predicted molar refractivity (Wildman–Crippen MR) is 77.5 cm³/mol. The van der Waals surface area contributed by atoms with Gasteiger partial charge in [-0.3, -0.25) is 4.98 Å². The van der Waals surface area contributed by atoms with Gasteiger partial charge in [0.05, 0.1) is 17.4 Å². The fraction of sp³-hybridized carbons (Fsp3) is 0.214. The van der Waals surface area contributed by atoms with Gasteiger partial charge >= 0.3 is 0 Å². The fourth-order valence-electron chi connectivity index (χ4n) is 1.80. The molecule has 1 atom stereocenters. The van der Waals surface area contributed by atoms with E-state index in [4.69, 9.17) is 23.2 Å². The van der Waals surface area contributed by atoms with Crippen molar-refractivity contribution in [2.75, 3.05) is 5.32 Å². The van der Waals surface area contributed by atoms with Crippen LogP contribution in [0.3, 0.4) is 0 Å². The zero-order valence-corrected chi connectivity index (χ0v) is 11.8. The molecule has 0 spiro atoms. The molecule has 0 bridgehead atoms. The average molecular weight is 281 g/mol. The summed E-state index contributed by atoms with van der Waals surface area (Å²) in [5.74, 6) is 0. The number of aryl methyl sites for hydroxylation is 1. The van der Waals surface area contributed by atoms with E-state index in [-0.39, 0.29) is 6.04 Å². The first-order valence-electron chi connectivity index (χ1n) is 5.71. The molecule has 1 aromatic heterocycles. The molecule has 1 heterocycles. The van der Waals surface area contributed by atoms with Gasteiger partial charge in [0.1, 0.15) is 0 Å². The van der Waals surface area contributed by atoms with Gasteiger partial charge in [0.25, 0.3) is 0 Å². The van der Waals surface area contributed by atoms with E-state index in [2.05, 4.69) is 17.2 Å². The molecule has 1 aromatic carbocycles. The van der Waals surface area contributed by atoms with Crippen molar-refractivity contribution in [1.82, 2.24) is 4.98 Å². The Balaban J connectivity index is 2.22. The van der Waals surface area contributed by atoms with Crippen LogP contribution in [-0.2, 0) is 0 Å². The molecular weight excluding hydrogens is 267 g/mol. The van der Waals surface area contributed by atoms with Crippen molar-refractivity contribution in [2.24, 2.45) is 0 Å². The predicted octanol–water partition coefficient (Wildman–Crippen LogP) is 4.87. The first-order chi connectivity index (χ1) is 8.58. The molecule has 94 valence electrons. The number of benzene rings is 1. The Morgan fingerprint density at radius 1 is 1.22 bits per heavy atom. The lowest BCUT2D eigenvalue weighted by Crippen LogP contribution is -2.08. The van der Waals surface area contributed by atoms with Crippen LogP contribution in [0.15, 0.2) is 36.5 Å². The highest BCUT2D eigenvalue weighted by molar-refractivity contribution is 6.35. The van der Waals surface area contributed by atoms with Crippen LogP contribution in [0.1, 0.15) is 24.2 Å². The summed E-state index contributed by atoms with van der Waals surface area (Å²) in [5, 5.41) is 4.71. The van der Waals surface area contributed by atoms with Crippen molar-refractivity contribution < 1.29 is 0 Å². The van der Waals surface area contributed by atoms with Crippen LogP contribution in [0.5, 0.6) is 0 Å². The maximum Gasteiger partial charge on any atom is 0.0603 e. The summed E-state index contributed by atoms with van der Waals surface area (Å²) in [6, 6.07) is 9.55. The molecule has 0 aliphatic rings. The molecule has 18 heavy (non-hydrogen) atoms. The summed E-state index contributed by atoms with van der Waals surface area (Å²) in [6.45, 7) is 4.03. The van der Waals surface area contributed by atoms with Gasteiger partial charge in [-0.15, -0.1) is 0 Å². The number of anilines is 1. The van der Waals surface area contributed by atoms with E-state index in [1.807, 2.05) is 31.2 Å². The normalized spacial score (nSPS) is 12.2. The Kier molecular flexibility index (Phi) is 4.10. The highest BCUT2D eigenvalue weighted by Crippen LogP contribution is 2.28. The number of halogens is 2. The van der Waals surface area contributed by atoms with Crippen molar-refractivity contribution >= 4 is 28.9 Å². The molecule has 0 fully saturated rings. The number of aromatic nitrogens is 1. The van der Waals surface area contributed by atoms with Gasteiger partial charge in [-0.25, -0.2) is 0 Å².